The summed E-state index contributed by atoms with van der Waals surface area (Å²) in [6, 6.07) is 7.79. The molecule has 0 bridgehead atoms. The summed E-state index contributed by atoms with van der Waals surface area (Å²) >= 11 is 23.7. The molecule has 3 rings (SSSR count). The second-order valence-electron chi connectivity index (χ2n) is 5.66. The van der Waals surface area contributed by atoms with Crippen molar-refractivity contribution in [1.82, 2.24) is 4.98 Å². The predicted molar refractivity (Wildman–Crippen MR) is 108 cm³/mol. The molecule has 0 spiro atoms. The Labute approximate surface area is 180 Å². The molecule has 1 aromatic heterocycles. The van der Waals surface area contributed by atoms with E-state index in [1.165, 1.54) is 42.7 Å². The van der Waals surface area contributed by atoms with Crippen LogP contribution < -0.4 is 4.74 Å². The summed E-state index contributed by atoms with van der Waals surface area (Å²) in [7, 11) is -3.86. The van der Waals surface area contributed by atoms with Gasteiger partial charge in [-0.25, -0.2) is 12.8 Å². The Hall–Kier alpha value is -1.57. The third-order valence-corrected chi connectivity index (χ3v) is 6.43. The lowest BCUT2D eigenvalue weighted by Crippen LogP contribution is -2.06. The fourth-order valence-corrected chi connectivity index (χ4v) is 4.97. The maximum Gasteiger partial charge on any atom is 0.183 e. The number of pyridine rings is 1. The van der Waals surface area contributed by atoms with Gasteiger partial charge in [0.25, 0.3) is 0 Å². The molecule has 0 N–H and O–H groups in total. The van der Waals surface area contributed by atoms with E-state index in [1.807, 2.05) is 0 Å². The van der Waals surface area contributed by atoms with Crippen LogP contribution in [-0.2, 0) is 15.6 Å². The van der Waals surface area contributed by atoms with Crippen molar-refractivity contribution in [2.24, 2.45) is 0 Å². The largest absolute Gasteiger partial charge is 0.451 e. The van der Waals surface area contributed by atoms with E-state index in [9.17, 15) is 12.8 Å². The van der Waals surface area contributed by atoms with E-state index >= 15 is 0 Å². The van der Waals surface area contributed by atoms with Gasteiger partial charge in [-0.05, 0) is 35.9 Å². The van der Waals surface area contributed by atoms with Crippen molar-refractivity contribution >= 4 is 56.2 Å². The van der Waals surface area contributed by atoms with E-state index in [2.05, 4.69) is 4.98 Å². The van der Waals surface area contributed by atoms with Gasteiger partial charge in [-0.15, -0.1) is 0 Å². The number of hydrogen-bond donors (Lipinski definition) is 0. The van der Waals surface area contributed by atoms with Crippen LogP contribution in [-0.4, -0.2) is 13.4 Å². The van der Waals surface area contributed by atoms with Crippen molar-refractivity contribution in [1.29, 1.82) is 0 Å². The zero-order chi connectivity index (χ0) is 20.5. The lowest BCUT2D eigenvalue weighted by atomic mass is 10.2. The number of rotatable bonds is 5. The first-order valence-corrected chi connectivity index (χ1v) is 10.8. The topological polar surface area (TPSA) is 56.3 Å². The summed E-state index contributed by atoms with van der Waals surface area (Å²) in [6.45, 7) is 0. The normalized spacial score (nSPS) is 11.5. The summed E-state index contributed by atoms with van der Waals surface area (Å²) in [5, 5.41) is 0.478. The molecule has 0 saturated carbocycles. The molecule has 0 aliphatic rings. The predicted octanol–water partition coefficient (Wildman–Crippen LogP) is 6.60. The lowest BCUT2D eigenvalue weighted by molar-refractivity contribution is 0.440. The minimum absolute atomic E-state index is 0.0209. The summed E-state index contributed by atoms with van der Waals surface area (Å²) in [5.74, 6) is -1.43. The van der Waals surface area contributed by atoms with Crippen LogP contribution in [0.25, 0.3) is 0 Å². The molecule has 3 aromatic rings. The van der Waals surface area contributed by atoms with Gasteiger partial charge in [0, 0.05) is 17.3 Å². The Bertz CT molecular complexity index is 1130. The Morgan fingerprint density at radius 3 is 2.32 bits per heavy atom. The zero-order valence-electron chi connectivity index (χ0n) is 13.8. The van der Waals surface area contributed by atoms with Crippen LogP contribution in [0.15, 0.2) is 53.7 Å². The molecule has 0 unspecified atom stereocenters. The Balaban J connectivity index is 1.90. The SMILES string of the molecule is O=S(=O)(Cc1cc(F)c(Oc2cncc(Cl)c2)c(Cl)c1)c1ccc(Cl)cc1Cl. The maximum atomic E-state index is 14.5. The van der Waals surface area contributed by atoms with Crippen molar-refractivity contribution in [2.45, 2.75) is 10.6 Å². The summed E-state index contributed by atoms with van der Waals surface area (Å²) in [6.07, 6.45) is 2.73. The number of hydrogen-bond acceptors (Lipinski definition) is 4. The van der Waals surface area contributed by atoms with Crippen molar-refractivity contribution < 1.29 is 17.5 Å². The van der Waals surface area contributed by atoms with Crippen LogP contribution in [0.3, 0.4) is 0 Å². The first-order chi connectivity index (χ1) is 13.2. The number of benzene rings is 2. The average molecular weight is 481 g/mol. The van der Waals surface area contributed by atoms with E-state index in [1.54, 1.807) is 0 Å². The van der Waals surface area contributed by atoms with Crippen LogP contribution in [0.1, 0.15) is 5.56 Å². The molecule has 0 radical (unpaired) electrons. The first-order valence-electron chi connectivity index (χ1n) is 7.60. The molecule has 28 heavy (non-hydrogen) atoms. The van der Waals surface area contributed by atoms with E-state index in [0.29, 0.717) is 10.0 Å². The van der Waals surface area contributed by atoms with Crippen LogP contribution in [0.5, 0.6) is 11.5 Å². The minimum atomic E-state index is -3.86. The second-order valence-corrected chi connectivity index (χ2v) is 9.31. The summed E-state index contributed by atoms with van der Waals surface area (Å²) in [4.78, 5) is 3.72. The first kappa shape index (κ1) is 21.1. The van der Waals surface area contributed by atoms with Crippen molar-refractivity contribution in [3.63, 3.8) is 0 Å². The third kappa shape index (κ3) is 4.88. The molecule has 0 amide bonds. The molecular weight excluding hydrogens is 471 g/mol. The van der Waals surface area contributed by atoms with Gasteiger partial charge in [-0.1, -0.05) is 46.4 Å². The van der Waals surface area contributed by atoms with Gasteiger partial charge in [-0.2, -0.15) is 0 Å². The Morgan fingerprint density at radius 1 is 0.929 bits per heavy atom. The molecule has 0 fully saturated rings. The highest BCUT2D eigenvalue weighted by Crippen LogP contribution is 2.35. The number of aromatic nitrogens is 1. The number of sulfone groups is 1. The maximum absolute atomic E-state index is 14.5. The molecule has 0 aliphatic heterocycles. The van der Waals surface area contributed by atoms with E-state index in [-0.39, 0.29) is 32.0 Å². The zero-order valence-corrected chi connectivity index (χ0v) is 17.6. The van der Waals surface area contributed by atoms with Crippen LogP contribution in [0.2, 0.25) is 20.1 Å². The average Bonchev–Trinajstić information content (AvgIpc) is 2.57. The van der Waals surface area contributed by atoms with Gasteiger partial charge in [0.15, 0.2) is 21.4 Å². The van der Waals surface area contributed by atoms with Crippen LogP contribution >= 0.6 is 46.4 Å². The number of ether oxygens (including phenoxy) is 1. The fourth-order valence-electron chi connectivity index (χ4n) is 2.38. The van der Waals surface area contributed by atoms with E-state index < -0.39 is 21.4 Å². The Morgan fingerprint density at radius 2 is 1.68 bits per heavy atom. The smallest absolute Gasteiger partial charge is 0.183 e. The number of halogens is 5. The molecule has 146 valence electrons. The van der Waals surface area contributed by atoms with Gasteiger partial charge in [0.2, 0.25) is 0 Å². The van der Waals surface area contributed by atoms with Gasteiger partial charge in [0.1, 0.15) is 5.75 Å². The highest BCUT2D eigenvalue weighted by atomic mass is 35.5. The second kappa shape index (κ2) is 8.43. The van der Waals surface area contributed by atoms with Crippen LogP contribution in [0.4, 0.5) is 4.39 Å². The van der Waals surface area contributed by atoms with Crippen molar-refractivity contribution in [2.75, 3.05) is 0 Å². The van der Waals surface area contributed by atoms with Gasteiger partial charge >= 0.3 is 0 Å². The number of nitrogens with zero attached hydrogens (tertiary/aromatic N) is 1. The van der Waals surface area contributed by atoms with Crippen molar-refractivity contribution in [3.05, 3.63) is 80.3 Å². The summed E-state index contributed by atoms with van der Waals surface area (Å²) in [5.41, 5.74) is 0.130. The third-order valence-electron chi connectivity index (χ3n) is 3.54. The monoisotopic (exact) mass is 479 g/mol. The minimum Gasteiger partial charge on any atom is -0.451 e. The molecule has 4 nitrogen and oxygen atoms in total. The highest BCUT2D eigenvalue weighted by molar-refractivity contribution is 7.90. The molecule has 10 heteroatoms. The molecule has 0 aliphatic carbocycles. The molecular formula is C18H10Cl4FNO3S. The molecule has 0 saturated heterocycles. The van der Waals surface area contributed by atoms with E-state index in [0.717, 1.165) is 6.07 Å². The quantitative estimate of drug-likeness (QED) is 0.412. The van der Waals surface area contributed by atoms with Gasteiger partial charge in [0.05, 0.1) is 31.9 Å². The standard InChI is InChI=1S/C18H10Cl4FNO3S/c19-11-1-2-17(14(21)6-11)28(25,26)9-10-3-15(22)18(16(23)4-10)27-13-5-12(20)7-24-8-13/h1-8H,9H2. The fraction of sp³-hybridized carbons (Fsp3) is 0.0556. The van der Waals surface area contributed by atoms with Crippen molar-refractivity contribution in [3.8, 4) is 11.5 Å². The van der Waals surface area contributed by atoms with Gasteiger partial charge < -0.3 is 4.74 Å². The van der Waals surface area contributed by atoms with E-state index in [4.69, 9.17) is 51.1 Å². The summed E-state index contributed by atoms with van der Waals surface area (Å²) < 4.78 is 45.1. The van der Waals surface area contributed by atoms with Crippen LogP contribution in [0, 0.1) is 5.82 Å². The highest BCUT2D eigenvalue weighted by Gasteiger charge is 2.21. The van der Waals surface area contributed by atoms with Gasteiger partial charge in [-0.3, -0.25) is 4.98 Å². The Kier molecular flexibility index (Phi) is 6.37. The lowest BCUT2D eigenvalue weighted by Gasteiger charge is -2.12. The molecule has 0 atom stereocenters. The molecule has 1 heterocycles. The molecule has 2 aromatic carbocycles.